The minimum absolute atomic E-state index is 0.476. The lowest BCUT2D eigenvalue weighted by molar-refractivity contribution is 0.219. The van der Waals surface area contributed by atoms with Crippen molar-refractivity contribution in [2.75, 3.05) is 19.6 Å². The van der Waals surface area contributed by atoms with E-state index in [1.165, 1.54) is 0 Å². The molecule has 3 heterocycles. The molecule has 1 fully saturated rings. The molecule has 0 saturated carbocycles. The monoisotopic (exact) mass is 264 g/mol. The summed E-state index contributed by atoms with van der Waals surface area (Å²) in [5, 5.41) is 5.22. The third-order valence-electron chi connectivity index (χ3n) is 3.73. The molecule has 0 N–H and O–H groups in total. The molecule has 5 heteroatoms. The number of rotatable bonds is 2. The van der Waals surface area contributed by atoms with Gasteiger partial charge < -0.3 is 4.90 Å². The van der Waals surface area contributed by atoms with Gasteiger partial charge in [-0.1, -0.05) is 18.5 Å². The van der Waals surface area contributed by atoms with E-state index < -0.39 is 0 Å². The molecule has 96 valence electrons. The van der Waals surface area contributed by atoms with Crippen molar-refractivity contribution < 1.29 is 0 Å². The van der Waals surface area contributed by atoms with Crippen LogP contribution in [0.2, 0.25) is 5.02 Å². The summed E-state index contributed by atoms with van der Waals surface area (Å²) in [6.45, 7) is 5.63. The quantitative estimate of drug-likeness (QED) is 0.836. The Morgan fingerprint density at radius 2 is 2.17 bits per heavy atom. The summed E-state index contributed by atoms with van der Waals surface area (Å²) in [6, 6.07) is 3.75. The topological polar surface area (TPSA) is 33.4 Å². The Morgan fingerprint density at radius 3 is 2.83 bits per heavy atom. The lowest BCUT2D eigenvalue weighted by Gasteiger charge is -2.29. The van der Waals surface area contributed by atoms with Crippen molar-refractivity contribution in [3.8, 4) is 0 Å². The van der Waals surface area contributed by atoms with Gasteiger partial charge in [-0.2, -0.15) is 5.10 Å². The van der Waals surface area contributed by atoms with E-state index in [2.05, 4.69) is 21.9 Å². The fourth-order valence-electron chi connectivity index (χ4n) is 2.57. The normalized spacial score (nSPS) is 18.6. The molecule has 0 radical (unpaired) electrons. The lowest BCUT2D eigenvalue weighted by Crippen LogP contribution is -2.32. The SMILES string of the molecule is CCN1CCC(c2nc3c(Cl)cccn3n2)CC1. The van der Waals surface area contributed by atoms with Crippen molar-refractivity contribution in [1.82, 2.24) is 19.5 Å². The first-order valence-electron chi connectivity index (χ1n) is 6.51. The molecule has 1 aliphatic heterocycles. The van der Waals surface area contributed by atoms with Gasteiger partial charge in [0, 0.05) is 12.1 Å². The Kier molecular flexibility index (Phi) is 3.22. The van der Waals surface area contributed by atoms with Gasteiger partial charge in [-0.05, 0) is 44.6 Å². The molecular weight excluding hydrogens is 248 g/mol. The smallest absolute Gasteiger partial charge is 0.174 e. The Hall–Kier alpha value is -1.13. The van der Waals surface area contributed by atoms with Crippen LogP contribution in [0.5, 0.6) is 0 Å². The predicted molar refractivity (Wildman–Crippen MR) is 72.1 cm³/mol. The van der Waals surface area contributed by atoms with E-state index in [0.717, 1.165) is 43.9 Å². The number of fused-ring (bicyclic) bond motifs is 1. The van der Waals surface area contributed by atoms with Crippen LogP contribution in [-0.2, 0) is 0 Å². The molecule has 1 aliphatic rings. The zero-order chi connectivity index (χ0) is 12.5. The third-order valence-corrected chi connectivity index (χ3v) is 4.03. The molecule has 0 aliphatic carbocycles. The predicted octanol–water partition coefficient (Wildman–Crippen LogP) is 2.58. The summed E-state index contributed by atoms with van der Waals surface area (Å²) in [6.07, 6.45) is 4.18. The number of hydrogen-bond donors (Lipinski definition) is 0. The maximum atomic E-state index is 6.12. The van der Waals surface area contributed by atoms with Gasteiger partial charge >= 0.3 is 0 Å². The molecule has 0 unspecified atom stereocenters. The van der Waals surface area contributed by atoms with Gasteiger partial charge in [-0.3, -0.25) is 0 Å². The van der Waals surface area contributed by atoms with Gasteiger partial charge in [-0.25, -0.2) is 9.50 Å². The molecule has 0 atom stereocenters. The molecule has 0 bridgehead atoms. The van der Waals surface area contributed by atoms with E-state index in [9.17, 15) is 0 Å². The summed E-state index contributed by atoms with van der Waals surface area (Å²) in [5.41, 5.74) is 0.770. The number of halogens is 1. The van der Waals surface area contributed by atoms with Crippen LogP contribution in [0.3, 0.4) is 0 Å². The highest BCUT2D eigenvalue weighted by Gasteiger charge is 2.23. The zero-order valence-corrected chi connectivity index (χ0v) is 11.3. The van der Waals surface area contributed by atoms with E-state index in [-0.39, 0.29) is 0 Å². The highest BCUT2D eigenvalue weighted by Crippen LogP contribution is 2.26. The molecular formula is C13H17ClN4. The standard InChI is InChI=1S/C13H17ClN4/c1-2-17-8-5-10(6-9-17)12-15-13-11(14)4-3-7-18(13)16-12/h3-4,7,10H,2,5-6,8-9H2,1H3. The molecule has 1 saturated heterocycles. The fourth-order valence-corrected chi connectivity index (χ4v) is 2.77. The fraction of sp³-hybridized carbons (Fsp3) is 0.538. The first-order chi connectivity index (χ1) is 8.78. The van der Waals surface area contributed by atoms with Gasteiger partial charge in [0.25, 0.3) is 0 Å². The molecule has 3 rings (SSSR count). The molecule has 0 spiro atoms. The molecule has 4 nitrogen and oxygen atoms in total. The largest absolute Gasteiger partial charge is 0.304 e. The van der Waals surface area contributed by atoms with Crippen molar-refractivity contribution in [3.63, 3.8) is 0 Å². The van der Waals surface area contributed by atoms with Gasteiger partial charge in [0.1, 0.15) is 0 Å². The summed E-state index contributed by atoms with van der Waals surface area (Å²) >= 11 is 6.12. The summed E-state index contributed by atoms with van der Waals surface area (Å²) < 4.78 is 1.78. The van der Waals surface area contributed by atoms with Crippen LogP contribution in [0, 0.1) is 0 Å². The van der Waals surface area contributed by atoms with Crippen molar-refractivity contribution >= 4 is 17.2 Å². The summed E-state index contributed by atoms with van der Waals surface area (Å²) in [5.74, 6) is 1.42. The van der Waals surface area contributed by atoms with E-state index in [4.69, 9.17) is 11.6 Å². The molecule has 0 amide bonds. The number of pyridine rings is 1. The van der Waals surface area contributed by atoms with Crippen molar-refractivity contribution in [3.05, 3.63) is 29.2 Å². The van der Waals surface area contributed by atoms with Gasteiger partial charge in [0.2, 0.25) is 0 Å². The van der Waals surface area contributed by atoms with Crippen LogP contribution in [0.25, 0.3) is 5.65 Å². The number of aromatic nitrogens is 3. The minimum atomic E-state index is 0.476. The first kappa shape index (κ1) is 11.9. The van der Waals surface area contributed by atoms with E-state index in [1.807, 2.05) is 18.3 Å². The maximum Gasteiger partial charge on any atom is 0.174 e. The number of piperidine rings is 1. The van der Waals surface area contributed by atoms with Crippen molar-refractivity contribution in [2.45, 2.75) is 25.7 Å². The highest BCUT2D eigenvalue weighted by atomic mass is 35.5. The van der Waals surface area contributed by atoms with E-state index in [0.29, 0.717) is 10.9 Å². The second-order valence-corrected chi connectivity index (χ2v) is 5.21. The Bertz CT molecular complexity index is 543. The first-order valence-corrected chi connectivity index (χ1v) is 6.89. The molecule has 0 aromatic carbocycles. The average molecular weight is 265 g/mol. The molecule has 2 aromatic rings. The van der Waals surface area contributed by atoms with Crippen LogP contribution in [0.15, 0.2) is 18.3 Å². The average Bonchev–Trinajstić information content (AvgIpc) is 2.84. The Labute approximate surface area is 112 Å². The second kappa shape index (κ2) is 4.86. The second-order valence-electron chi connectivity index (χ2n) is 4.80. The van der Waals surface area contributed by atoms with Crippen molar-refractivity contribution in [2.24, 2.45) is 0 Å². The van der Waals surface area contributed by atoms with Crippen LogP contribution >= 0.6 is 11.6 Å². The van der Waals surface area contributed by atoms with Crippen LogP contribution < -0.4 is 0 Å². The Morgan fingerprint density at radius 1 is 1.39 bits per heavy atom. The number of hydrogen-bond acceptors (Lipinski definition) is 3. The van der Waals surface area contributed by atoms with Gasteiger partial charge in [0.05, 0.1) is 5.02 Å². The van der Waals surface area contributed by atoms with E-state index in [1.54, 1.807) is 4.52 Å². The Balaban J connectivity index is 1.85. The minimum Gasteiger partial charge on any atom is -0.304 e. The highest BCUT2D eigenvalue weighted by molar-refractivity contribution is 6.33. The lowest BCUT2D eigenvalue weighted by atomic mass is 9.96. The number of nitrogens with zero attached hydrogens (tertiary/aromatic N) is 4. The summed E-state index contributed by atoms with van der Waals surface area (Å²) in [7, 11) is 0. The summed E-state index contributed by atoms with van der Waals surface area (Å²) in [4.78, 5) is 7.06. The van der Waals surface area contributed by atoms with Gasteiger partial charge in [0.15, 0.2) is 11.5 Å². The van der Waals surface area contributed by atoms with E-state index >= 15 is 0 Å². The van der Waals surface area contributed by atoms with Crippen LogP contribution in [0.4, 0.5) is 0 Å². The van der Waals surface area contributed by atoms with Gasteiger partial charge in [-0.15, -0.1) is 0 Å². The molecule has 18 heavy (non-hydrogen) atoms. The zero-order valence-electron chi connectivity index (χ0n) is 10.5. The van der Waals surface area contributed by atoms with Crippen LogP contribution in [-0.4, -0.2) is 39.1 Å². The number of likely N-dealkylation sites (tertiary alicyclic amines) is 1. The maximum absolute atomic E-state index is 6.12. The molecule has 2 aromatic heterocycles. The third kappa shape index (κ3) is 2.10. The van der Waals surface area contributed by atoms with Crippen LogP contribution in [0.1, 0.15) is 31.5 Å². The van der Waals surface area contributed by atoms with Crippen molar-refractivity contribution in [1.29, 1.82) is 0 Å².